The first kappa shape index (κ1) is 19.2. The van der Waals surface area contributed by atoms with Gasteiger partial charge in [0.25, 0.3) is 5.91 Å². The van der Waals surface area contributed by atoms with Crippen molar-refractivity contribution in [3.05, 3.63) is 72.2 Å². The molecule has 0 aliphatic heterocycles. The number of hydrogen-bond donors (Lipinski definition) is 1. The molecule has 0 fully saturated rings. The number of anilines is 2. The normalized spacial score (nSPS) is 10.2. The molecule has 1 amide bonds. The molecule has 0 bridgehead atoms. The number of amides is 1. The molecule has 0 saturated heterocycles. The molecule has 3 rings (SSSR count). The summed E-state index contributed by atoms with van der Waals surface area (Å²) in [5.74, 6) is 1.56. The minimum absolute atomic E-state index is 0.179. The standard InChI is InChI=1S/C21H22N4O3/c1-25(13-15-7-5-4-6-8-15)21(26)17-12-20(23-14-22-17)24-16-9-10-18(27-2)19(11-16)28-3/h4-12,14H,13H2,1-3H3,(H,22,23,24). The Morgan fingerprint density at radius 1 is 1.00 bits per heavy atom. The van der Waals surface area contributed by atoms with Crippen LogP contribution in [-0.4, -0.2) is 42.0 Å². The van der Waals surface area contributed by atoms with Crippen LogP contribution in [0.5, 0.6) is 11.5 Å². The molecule has 144 valence electrons. The van der Waals surface area contributed by atoms with Crippen molar-refractivity contribution in [3.63, 3.8) is 0 Å². The van der Waals surface area contributed by atoms with Gasteiger partial charge in [-0.05, 0) is 17.7 Å². The third kappa shape index (κ3) is 4.56. The largest absolute Gasteiger partial charge is 0.493 e. The molecule has 0 aliphatic rings. The molecule has 2 aromatic carbocycles. The van der Waals surface area contributed by atoms with Crippen LogP contribution in [0.2, 0.25) is 0 Å². The number of rotatable bonds is 7. The van der Waals surface area contributed by atoms with Crippen molar-refractivity contribution in [3.8, 4) is 11.5 Å². The number of carbonyl (C=O) groups is 1. The number of hydrogen-bond acceptors (Lipinski definition) is 6. The number of nitrogens with zero attached hydrogens (tertiary/aromatic N) is 3. The van der Waals surface area contributed by atoms with Gasteiger partial charge in [-0.15, -0.1) is 0 Å². The van der Waals surface area contributed by atoms with Gasteiger partial charge in [0.15, 0.2) is 11.5 Å². The third-order valence-corrected chi connectivity index (χ3v) is 4.15. The molecule has 0 saturated carbocycles. The zero-order chi connectivity index (χ0) is 19.9. The first-order valence-electron chi connectivity index (χ1n) is 8.71. The van der Waals surface area contributed by atoms with Gasteiger partial charge in [0.2, 0.25) is 0 Å². The molecule has 3 aromatic rings. The zero-order valence-electron chi connectivity index (χ0n) is 16.0. The maximum Gasteiger partial charge on any atom is 0.272 e. The lowest BCUT2D eigenvalue weighted by molar-refractivity contribution is 0.0779. The first-order valence-corrected chi connectivity index (χ1v) is 8.71. The maximum absolute atomic E-state index is 12.7. The first-order chi connectivity index (χ1) is 13.6. The highest BCUT2D eigenvalue weighted by Crippen LogP contribution is 2.30. The summed E-state index contributed by atoms with van der Waals surface area (Å²) in [5.41, 5.74) is 2.12. The van der Waals surface area contributed by atoms with Crippen LogP contribution >= 0.6 is 0 Å². The maximum atomic E-state index is 12.7. The van der Waals surface area contributed by atoms with E-state index in [0.29, 0.717) is 29.6 Å². The van der Waals surface area contributed by atoms with Crippen LogP contribution in [0, 0.1) is 0 Å². The van der Waals surface area contributed by atoms with Gasteiger partial charge in [0.05, 0.1) is 14.2 Å². The number of aromatic nitrogens is 2. The van der Waals surface area contributed by atoms with Crippen LogP contribution in [-0.2, 0) is 6.54 Å². The van der Waals surface area contributed by atoms with Crippen molar-refractivity contribution in [2.75, 3.05) is 26.6 Å². The fourth-order valence-electron chi connectivity index (χ4n) is 2.73. The molecule has 0 atom stereocenters. The highest BCUT2D eigenvalue weighted by Gasteiger charge is 2.15. The second-order valence-corrected chi connectivity index (χ2v) is 6.13. The van der Waals surface area contributed by atoms with E-state index in [9.17, 15) is 4.79 Å². The van der Waals surface area contributed by atoms with Gasteiger partial charge in [0.1, 0.15) is 17.8 Å². The monoisotopic (exact) mass is 378 g/mol. The molecule has 28 heavy (non-hydrogen) atoms. The molecule has 1 N–H and O–H groups in total. The Morgan fingerprint density at radius 2 is 1.75 bits per heavy atom. The van der Waals surface area contributed by atoms with Crippen molar-refractivity contribution < 1.29 is 14.3 Å². The van der Waals surface area contributed by atoms with Crippen molar-refractivity contribution in [2.45, 2.75) is 6.54 Å². The Kier molecular flexibility index (Phi) is 6.06. The third-order valence-electron chi connectivity index (χ3n) is 4.15. The van der Waals surface area contributed by atoms with Crippen molar-refractivity contribution in [2.24, 2.45) is 0 Å². The van der Waals surface area contributed by atoms with Crippen molar-refractivity contribution >= 4 is 17.4 Å². The molecule has 7 nitrogen and oxygen atoms in total. The second-order valence-electron chi connectivity index (χ2n) is 6.13. The van der Waals surface area contributed by atoms with E-state index < -0.39 is 0 Å². The van der Waals surface area contributed by atoms with Gasteiger partial charge >= 0.3 is 0 Å². The van der Waals surface area contributed by atoms with Crippen LogP contribution in [0.15, 0.2) is 60.9 Å². The van der Waals surface area contributed by atoms with Crippen LogP contribution in [0.4, 0.5) is 11.5 Å². The van der Waals surface area contributed by atoms with Gasteiger partial charge in [-0.25, -0.2) is 9.97 Å². The Morgan fingerprint density at radius 3 is 2.46 bits per heavy atom. The van der Waals surface area contributed by atoms with Gasteiger partial charge in [-0.1, -0.05) is 30.3 Å². The Bertz CT molecular complexity index is 947. The van der Waals surface area contributed by atoms with Crippen molar-refractivity contribution in [1.29, 1.82) is 0 Å². The Balaban J connectivity index is 1.74. The minimum Gasteiger partial charge on any atom is -0.493 e. The molecule has 0 unspecified atom stereocenters. The number of carbonyl (C=O) groups excluding carboxylic acids is 1. The predicted molar refractivity (Wildman–Crippen MR) is 107 cm³/mol. The van der Waals surface area contributed by atoms with Gasteiger partial charge < -0.3 is 19.7 Å². The van der Waals surface area contributed by atoms with E-state index in [1.165, 1.54) is 6.33 Å². The summed E-state index contributed by atoms with van der Waals surface area (Å²) < 4.78 is 10.5. The Labute approximate surface area is 164 Å². The lowest BCUT2D eigenvalue weighted by atomic mass is 10.2. The summed E-state index contributed by atoms with van der Waals surface area (Å²) in [4.78, 5) is 22.6. The topological polar surface area (TPSA) is 76.6 Å². The average molecular weight is 378 g/mol. The summed E-state index contributed by atoms with van der Waals surface area (Å²) in [6, 6.07) is 16.9. The fraction of sp³-hybridized carbons (Fsp3) is 0.190. The highest BCUT2D eigenvalue weighted by atomic mass is 16.5. The lowest BCUT2D eigenvalue weighted by Crippen LogP contribution is -2.27. The molecule has 1 aromatic heterocycles. The SMILES string of the molecule is COc1ccc(Nc2cc(C(=O)N(C)Cc3ccccc3)ncn2)cc1OC. The molecule has 1 heterocycles. The number of ether oxygens (including phenoxy) is 2. The fourth-order valence-corrected chi connectivity index (χ4v) is 2.73. The summed E-state index contributed by atoms with van der Waals surface area (Å²) in [7, 11) is 4.91. The lowest BCUT2D eigenvalue weighted by Gasteiger charge is -2.17. The van der Waals surface area contributed by atoms with Gasteiger partial charge in [-0.3, -0.25) is 4.79 Å². The highest BCUT2D eigenvalue weighted by molar-refractivity contribution is 5.92. The smallest absolute Gasteiger partial charge is 0.272 e. The van der Waals surface area contributed by atoms with E-state index in [-0.39, 0.29) is 5.91 Å². The van der Waals surface area contributed by atoms with Gasteiger partial charge in [0, 0.05) is 31.4 Å². The van der Waals surface area contributed by atoms with Gasteiger partial charge in [-0.2, -0.15) is 0 Å². The second kappa shape index (κ2) is 8.85. The van der Waals surface area contributed by atoms with E-state index >= 15 is 0 Å². The summed E-state index contributed by atoms with van der Waals surface area (Å²) >= 11 is 0. The number of benzene rings is 2. The average Bonchev–Trinajstić information content (AvgIpc) is 2.74. The van der Waals surface area contributed by atoms with Crippen LogP contribution in [0.1, 0.15) is 16.1 Å². The molecule has 0 aliphatic carbocycles. The van der Waals surface area contributed by atoms with Crippen LogP contribution in [0.3, 0.4) is 0 Å². The molecular weight excluding hydrogens is 356 g/mol. The Hall–Kier alpha value is -3.61. The molecule has 7 heteroatoms. The zero-order valence-corrected chi connectivity index (χ0v) is 16.0. The quantitative estimate of drug-likeness (QED) is 0.678. The molecule has 0 radical (unpaired) electrons. The number of methoxy groups -OCH3 is 2. The van der Waals surface area contributed by atoms with Crippen LogP contribution < -0.4 is 14.8 Å². The summed E-state index contributed by atoms with van der Waals surface area (Å²) in [5, 5.41) is 3.16. The predicted octanol–water partition coefficient (Wildman–Crippen LogP) is 3.51. The summed E-state index contributed by atoms with van der Waals surface area (Å²) in [6.45, 7) is 0.502. The van der Waals surface area contributed by atoms with E-state index in [0.717, 1.165) is 11.3 Å². The van der Waals surface area contributed by atoms with Crippen LogP contribution in [0.25, 0.3) is 0 Å². The van der Waals surface area contributed by atoms with E-state index in [4.69, 9.17) is 9.47 Å². The molecular formula is C21H22N4O3. The van der Waals surface area contributed by atoms with E-state index in [1.54, 1.807) is 44.4 Å². The minimum atomic E-state index is -0.179. The van der Waals surface area contributed by atoms with Crippen molar-refractivity contribution in [1.82, 2.24) is 14.9 Å². The molecule has 0 spiro atoms. The van der Waals surface area contributed by atoms with E-state index in [2.05, 4.69) is 15.3 Å². The van der Waals surface area contributed by atoms with E-state index in [1.807, 2.05) is 36.4 Å². The number of nitrogens with one attached hydrogen (secondary N) is 1. The summed E-state index contributed by atoms with van der Waals surface area (Å²) in [6.07, 6.45) is 1.37.